The summed E-state index contributed by atoms with van der Waals surface area (Å²) in [5.41, 5.74) is 2.57. The molecule has 1 aliphatic rings. The van der Waals surface area contributed by atoms with E-state index < -0.39 is 0 Å². The maximum atomic E-state index is 13.5. The van der Waals surface area contributed by atoms with Crippen molar-refractivity contribution >= 4 is 84.0 Å². The van der Waals surface area contributed by atoms with Gasteiger partial charge in [0.25, 0.3) is 10.6 Å². The molecule has 0 unspecified atom stereocenters. The van der Waals surface area contributed by atoms with Crippen molar-refractivity contribution in [2.45, 2.75) is 31.8 Å². The van der Waals surface area contributed by atoms with Gasteiger partial charge in [-0.05, 0) is 55.0 Å². The number of thiazole rings is 2. The first-order valence-electron chi connectivity index (χ1n) is 13.5. The molecular weight excluding hydrogens is 551 g/mol. The molecule has 1 aliphatic heterocycles. The first-order chi connectivity index (χ1) is 19.6. The van der Waals surface area contributed by atoms with Gasteiger partial charge in [0.05, 0.1) is 26.7 Å². The number of allylic oxidation sites excluding steroid dienone is 1. The molecule has 0 atom stereocenters. The number of aryl methyl sites for hydroxylation is 1. The van der Waals surface area contributed by atoms with Gasteiger partial charge >= 0.3 is 0 Å². The SMILES string of the molecule is CCn1c(=Cc2sc3ccc4ccccc4c3[n+]2CC)sc(=CC=C2Sc3ccc4ccccc4c3N2C)c1=O. The van der Waals surface area contributed by atoms with Crippen LogP contribution in [0.2, 0.25) is 0 Å². The summed E-state index contributed by atoms with van der Waals surface area (Å²) in [6, 6.07) is 25.9. The highest BCUT2D eigenvalue weighted by atomic mass is 32.2. The molecule has 6 aromatic rings. The van der Waals surface area contributed by atoms with Crippen molar-refractivity contribution in [2.75, 3.05) is 11.9 Å². The molecule has 0 saturated carbocycles. The van der Waals surface area contributed by atoms with Crippen LogP contribution in [0.15, 0.2) is 93.6 Å². The van der Waals surface area contributed by atoms with Gasteiger partial charge in [-0.2, -0.15) is 4.57 Å². The van der Waals surface area contributed by atoms with E-state index in [0.717, 1.165) is 25.8 Å². The number of thioether (sulfide) groups is 1. The van der Waals surface area contributed by atoms with Crippen LogP contribution in [-0.2, 0) is 13.1 Å². The molecule has 0 N–H and O–H groups in total. The second-order valence-electron chi connectivity index (χ2n) is 9.78. The summed E-state index contributed by atoms with van der Waals surface area (Å²) in [6.07, 6.45) is 6.28. The zero-order valence-corrected chi connectivity index (χ0v) is 25.0. The van der Waals surface area contributed by atoms with Crippen LogP contribution in [0.3, 0.4) is 0 Å². The normalized spacial score (nSPS) is 15.4. The number of anilines is 1. The van der Waals surface area contributed by atoms with Crippen LogP contribution in [0.25, 0.3) is 43.9 Å². The largest absolute Gasteiger partial charge is 0.338 e. The molecule has 40 heavy (non-hydrogen) atoms. The average molecular weight is 579 g/mol. The van der Waals surface area contributed by atoms with Crippen molar-refractivity contribution in [3.63, 3.8) is 0 Å². The van der Waals surface area contributed by atoms with Crippen LogP contribution in [-0.4, -0.2) is 11.6 Å². The zero-order chi connectivity index (χ0) is 27.4. The molecule has 0 bridgehead atoms. The van der Waals surface area contributed by atoms with Gasteiger partial charge in [-0.25, -0.2) is 0 Å². The Balaban J connectivity index is 1.33. The molecule has 0 fully saturated rings. The van der Waals surface area contributed by atoms with Crippen LogP contribution < -0.4 is 24.2 Å². The molecule has 7 rings (SSSR count). The predicted octanol–water partition coefficient (Wildman–Crippen LogP) is 6.45. The number of hydrogen-bond donors (Lipinski definition) is 0. The summed E-state index contributed by atoms with van der Waals surface area (Å²) in [7, 11) is 2.11. The maximum absolute atomic E-state index is 13.5. The van der Waals surface area contributed by atoms with Crippen LogP contribution in [0.1, 0.15) is 18.9 Å². The number of fused-ring (bicyclic) bond motifs is 6. The number of nitrogens with zero attached hydrogens (tertiary/aromatic N) is 3. The third kappa shape index (κ3) is 4.03. The minimum atomic E-state index is 0.0684. The van der Waals surface area contributed by atoms with E-state index in [-0.39, 0.29) is 5.56 Å². The summed E-state index contributed by atoms with van der Waals surface area (Å²) in [6.45, 7) is 5.74. The van der Waals surface area contributed by atoms with Crippen LogP contribution in [0.4, 0.5) is 5.69 Å². The minimum absolute atomic E-state index is 0.0684. The molecule has 4 nitrogen and oxygen atoms in total. The Hall–Kier alpha value is -3.65. The Bertz CT molecular complexity index is 2170. The predicted molar refractivity (Wildman–Crippen MR) is 173 cm³/mol. The summed E-state index contributed by atoms with van der Waals surface area (Å²) < 4.78 is 7.27. The van der Waals surface area contributed by atoms with Gasteiger partial charge in [-0.15, -0.1) is 11.3 Å². The van der Waals surface area contributed by atoms with Gasteiger partial charge in [0.15, 0.2) is 0 Å². The summed E-state index contributed by atoms with van der Waals surface area (Å²) in [4.78, 5) is 16.9. The van der Waals surface area contributed by atoms with E-state index in [2.05, 4.69) is 108 Å². The van der Waals surface area contributed by atoms with E-state index in [1.807, 2.05) is 17.6 Å². The van der Waals surface area contributed by atoms with Crippen LogP contribution in [0, 0.1) is 0 Å². The number of rotatable bonds is 4. The molecule has 0 saturated heterocycles. The van der Waals surface area contributed by atoms with Gasteiger partial charge in [0.2, 0.25) is 5.52 Å². The highest BCUT2D eigenvalue weighted by molar-refractivity contribution is 8.03. The van der Waals surface area contributed by atoms with Crippen LogP contribution >= 0.6 is 34.4 Å². The fraction of sp³-hybridized carbons (Fsp3) is 0.152. The van der Waals surface area contributed by atoms with Gasteiger partial charge in [-0.3, -0.25) is 9.36 Å². The van der Waals surface area contributed by atoms with Crippen molar-refractivity contribution in [1.29, 1.82) is 0 Å². The number of hydrogen-bond acceptors (Lipinski definition) is 5. The van der Waals surface area contributed by atoms with Crippen LogP contribution in [0.5, 0.6) is 0 Å². The Morgan fingerprint density at radius 2 is 1.57 bits per heavy atom. The lowest BCUT2D eigenvalue weighted by Gasteiger charge is -2.15. The van der Waals surface area contributed by atoms with Crippen molar-refractivity contribution in [3.8, 4) is 0 Å². The van der Waals surface area contributed by atoms with E-state index in [1.54, 1.807) is 34.4 Å². The lowest BCUT2D eigenvalue weighted by atomic mass is 10.1. The fourth-order valence-electron chi connectivity index (χ4n) is 5.61. The van der Waals surface area contributed by atoms with Gasteiger partial charge in [0, 0.05) is 23.9 Å². The van der Waals surface area contributed by atoms with Crippen molar-refractivity contribution in [1.82, 2.24) is 4.57 Å². The zero-order valence-electron chi connectivity index (χ0n) is 22.5. The molecule has 2 aromatic heterocycles. The second kappa shape index (κ2) is 10.1. The highest BCUT2D eigenvalue weighted by Gasteiger charge is 2.24. The second-order valence-corrected chi connectivity index (χ2v) is 13.0. The van der Waals surface area contributed by atoms with Crippen molar-refractivity contribution in [2.24, 2.45) is 0 Å². The number of benzene rings is 4. The van der Waals surface area contributed by atoms with Crippen molar-refractivity contribution in [3.05, 3.63) is 108 Å². The lowest BCUT2D eigenvalue weighted by Crippen LogP contribution is -2.35. The molecule has 7 heteroatoms. The Morgan fingerprint density at radius 3 is 2.35 bits per heavy atom. The molecule has 0 spiro atoms. The van der Waals surface area contributed by atoms with Crippen molar-refractivity contribution < 1.29 is 4.57 Å². The molecule has 4 aromatic carbocycles. The molecular formula is C33H28N3OS3+. The highest BCUT2D eigenvalue weighted by Crippen LogP contribution is 2.48. The summed E-state index contributed by atoms with van der Waals surface area (Å²) in [5, 5.41) is 7.28. The Labute approximate surface area is 244 Å². The molecule has 3 heterocycles. The average Bonchev–Trinajstić information content (AvgIpc) is 3.61. The maximum Gasteiger partial charge on any atom is 0.269 e. The minimum Gasteiger partial charge on any atom is -0.338 e. The van der Waals surface area contributed by atoms with Gasteiger partial charge < -0.3 is 4.90 Å². The quantitative estimate of drug-likeness (QED) is 0.225. The standard InChI is InChI=1S/C33H28N3OS3/c1-4-35-29(39-26-17-15-22-11-7-9-13-24(22)32(26)35)20-30-36(5-2)33(37)27(40-30)18-19-28-34(3)31-23-12-8-6-10-21(23)14-16-25(31)38-28/h6-20H,4-5H2,1-3H3/q+1. The Morgan fingerprint density at radius 1 is 0.850 bits per heavy atom. The smallest absolute Gasteiger partial charge is 0.269 e. The Kier molecular flexibility index (Phi) is 6.38. The van der Waals surface area contributed by atoms with E-state index >= 15 is 0 Å². The van der Waals surface area contributed by atoms with Gasteiger partial charge in [-0.1, -0.05) is 77.7 Å². The first-order valence-corrected chi connectivity index (χ1v) is 15.9. The van der Waals surface area contributed by atoms with Gasteiger partial charge in [0.1, 0.15) is 15.9 Å². The lowest BCUT2D eigenvalue weighted by molar-refractivity contribution is -0.664. The van der Waals surface area contributed by atoms with E-state index in [1.165, 1.54) is 42.3 Å². The molecule has 0 amide bonds. The summed E-state index contributed by atoms with van der Waals surface area (Å²) >= 11 is 5.11. The number of aromatic nitrogens is 2. The fourth-order valence-corrected chi connectivity index (χ4v) is 8.98. The van der Waals surface area contributed by atoms with E-state index in [0.29, 0.717) is 6.54 Å². The molecule has 0 aliphatic carbocycles. The topological polar surface area (TPSA) is 29.1 Å². The molecule has 0 radical (unpaired) electrons. The van der Waals surface area contributed by atoms with E-state index in [9.17, 15) is 4.79 Å². The monoisotopic (exact) mass is 578 g/mol. The third-order valence-electron chi connectivity index (χ3n) is 7.55. The molecule has 198 valence electrons. The first kappa shape index (κ1) is 25.3. The summed E-state index contributed by atoms with van der Waals surface area (Å²) in [5.74, 6) is 0. The van der Waals surface area contributed by atoms with E-state index in [4.69, 9.17) is 0 Å². The third-order valence-corrected chi connectivity index (χ3v) is 10.9.